The van der Waals surface area contributed by atoms with Crippen LogP contribution in [0.2, 0.25) is 0 Å². The molecule has 0 radical (unpaired) electrons. The molecule has 2 atom stereocenters. The summed E-state index contributed by atoms with van der Waals surface area (Å²) in [5.41, 5.74) is 0. The molecule has 0 aromatic heterocycles. The minimum Gasteiger partial charge on any atom is -0.329 e. The van der Waals surface area contributed by atoms with E-state index in [-0.39, 0.29) is 24.5 Å². The van der Waals surface area contributed by atoms with Crippen molar-refractivity contribution in [1.29, 1.82) is 0 Å². The van der Waals surface area contributed by atoms with E-state index in [2.05, 4.69) is 5.32 Å². The average Bonchev–Trinajstić information content (AvgIpc) is 2.54. The third-order valence-electron chi connectivity index (χ3n) is 2.28. The third kappa shape index (κ3) is 0.895. The Labute approximate surface area is 64.5 Å². The van der Waals surface area contributed by atoms with Crippen molar-refractivity contribution in [3.05, 3.63) is 0 Å². The first-order chi connectivity index (χ1) is 5.20. The van der Waals surface area contributed by atoms with Gasteiger partial charge >= 0.3 is 6.03 Å². The summed E-state index contributed by atoms with van der Waals surface area (Å²) < 4.78 is 0. The molecule has 1 N–H and O–H groups in total. The SMILES string of the molecule is CC1CC1N1C(=O)CNC1=O. The molecule has 4 heteroatoms. The maximum absolute atomic E-state index is 11.1. The number of nitrogens with zero attached hydrogens (tertiary/aromatic N) is 1. The van der Waals surface area contributed by atoms with Crippen molar-refractivity contribution in [3.8, 4) is 0 Å². The van der Waals surface area contributed by atoms with Gasteiger partial charge in [-0.3, -0.25) is 9.69 Å². The van der Waals surface area contributed by atoms with Crippen molar-refractivity contribution >= 4 is 11.9 Å². The van der Waals surface area contributed by atoms with E-state index in [0.717, 1.165) is 6.42 Å². The van der Waals surface area contributed by atoms with Gasteiger partial charge in [0.25, 0.3) is 0 Å². The van der Waals surface area contributed by atoms with Crippen molar-refractivity contribution in [2.45, 2.75) is 19.4 Å². The van der Waals surface area contributed by atoms with Gasteiger partial charge < -0.3 is 5.32 Å². The number of nitrogens with one attached hydrogen (secondary N) is 1. The summed E-state index contributed by atoms with van der Waals surface area (Å²) in [4.78, 5) is 23.4. The number of carbonyl (C=O) groups excluding carboxylic acids is 2. The monoisotopic (exact) mass is 154 g/mol. The molecular formula is C7H10N2O2. The van der Waals surface area contributed by atoms with Crippen LogP contribution in [0.25, 0.3) is 0 Å². The van der Waals surface area contributed by atoms with E-state index in [0.29, 0.717) is 5.92 Å². The van der Waals surface area contributed by atoms with Crippen molar-refractivity contribution < 1.29 is 9.59 Å². The number of hydrogen-bond donors (Lipinski definition) is 1. The van der Waals surface area contributed by atoms with E-state index in [1.807, 2.05) is 6.92 Å². The fourth-order valence-electron chi connectivity index (χ4n) is 1.43. The lowest BCUT2D eigenvalue weighted by Gasteiger charge is -2.10. The van der Waals surface area contributed by atoms with Gasteiger partial charge in [-0.25, -0.2) is 4.79 Å². The second-order valence-corrected chi connectivity index (χ2v) is 3.20. The standard InChI is InChI=1S/C7H10N2O2/c1-4-2-5(4)9-6(10)3-8-7(9)11/h4-5H,2-3H2,1H3,(H,8,11). The molecule has 2 rings (SSSR count). The minimum absolute atomic E-state index is 0.0793. The average molecular weight is 154 g/mol. The van der Waals surface area contributed by atoms with Gasteiger partial charge in [-0.15, -0.1) is 0 Å². The summed E-state index contributed by atoms with van der Waals surface area (Å²) in [5, 5.41) is 2.50. The first-order valence-electron chi connectivity index (χ1n) is 3.80. The van der Waals surface area contributed by atoms with Crippen LogP contribution in [-0.4, -0.2) is 29.4 Å². The lowest BCUT2D eigenvalue weighted by atomic mass is 10.4. The maximum Gasteiger partial charge on any atom is 0.324 e. The molecule has 1 heterocycles. The molecule has 1 saturated heterocycles. The molecule has 3 amide bonds. The Bertz CT molecular complexity index is 210. The van der Waals surface area contributed by atoms with Crippen LogP contribution in [0.1, 0.15) is 13.3 Å². The molecule has 0 bridgehead atoms. The Morgan fingerprint density at radius 3 is 2.55 bits per heavy atom. The summed E-state index contributed by atoms with van der Waals surface area (Å²) in [5.74, 6) is 0.423. The zero-order chi connectivity index (χ0) is 8.01. The highest BCUT2D eigenvalue weighted by atomic mass is 16.2. The molecule has 4 nitrogen and oxygen atoms in total. The van der Waals surface area contributed by atoms with E-state index < -0.39 is 0 Å². The van der Waals surface area contributed by atoms with Crippen LogP contribution < -0.4 is 5.32 Å². The van der Waals surface area contributed by atoms with E-state index >= 15 is 0 Å². The Balaban J connectivity index is 2.11. The summed E-state index contributed by atoms with van der Waals surface area (Å²) in [6.07, 6.45) is 0.971. The molecule has 0 aromatic rings. The Morgan fingerprint density at radius 1 is 1.55 bits per heavy atom. The van der Waals surface area contributed by atoms with Crippen molar-refractivity contribution in [3.63, 3.8) is 0 Å². The van der Waals surface area contributed by atoms with Gasteiger partial charge in [0.2, 0.25) is 5.91 Å². The first-order valence-corrected chi connectivity index (χ1v) is 3.80. The minimum atomic E-state index is -0.218. The molecule has 2 unspecified atom stereocenters. The highest BCUT2D eigenvalue weighted by Gasteiger charge is 2.46. The zero-order valence-corrected chi connectivity index (χ0v) is 6.33. The summed E-state index contributed by atoms with van der Waals surface area (Å²) in [6, 6.07) is -0.0330. The fourth-order valence-corrected chi connectivity index (χ4v) is 1.43. The van der Waals surface area contributed by atoms with Crippen LogP contribution in [0.5, 0.6) is 0 Å². The second kappa shape index (κ2) is 1.96. The molecule has 2 aliphatic rings. The van der Waals surface area contributed by atoms with Crippen LogP contribution >= 0.6 is 0 Å². The van der Waals surface area contributed by atoms with Gasteiger partial charge in [-0.05, 0) is 12.3 Å². The highest BCUT2D eigenvalue weighted by molar-refractivity contribution is 6.02. The first kappa shape index (κ1) is 6.64. The van der Waals surface area contributed by atoms with Gasteiger partial charge in [0, 0.05) is 6.04 Å². The fraction of sp³-hybridized carbons (Fsp3) is 0.714. The number of carbonyl (C=O) groups is 2. The summed E-state index contributed by atoms with van der Waals surface area (Å²) >= 11 is 0. The molecule has 1 saturated carbocycles. The second-order valence-electron chi connectivity index (χ2n) is 3.20. The number of amides is 3. The molecule has 1 aliphatic heterocycles. The van der Waals surface area contributed by atoms with Crippen molar-refractivity contribution in [1.82, 2.24) is 10.2 Å². The van der Waals surface area contributed by atoms with E-state index in [4.69, 9.17) is 0 Å². The van der Waals surface area contributed by atoms with Gasteiger partial charge in [-0.1, -0.05) is 6.92 Å². The van der Waals surface area contributed by atoms with Crippen molar-refractivity contribution in [2.24, 2.45) is 5.92 Å². The lowest BCUT2D eigenvalue weighted by Crippen LogP contribution is -2.33. The van der Waals surface area contributed by atoms with Gasteiger partial charge in [0.1, 0.15) is 0 Å². The lowest BCUT2D eigenvalue weighted by molar-refractivity contribution is -0.125. The van der Waals surface area contributed by atoms with Crippen LogP contribution in [0.15, 0.2) is 0 Å². The number of rotatable bonds is 1. The Hall–Kier alpha value is -1.06. The Kier molecular flexibility index (Phi) is 1.19. The normalized spacial score (nSPS) is 35.9. The van der Waals surface area contributed by atoms with E-state index in [1.54, 1.807) is 0 Å². The molecule has 0 aromatic carbocycles. The highest BCUT2D eigenvalue weighted by Crippen LogP contribution is 2.35. The third-order valence-corrected chi connectivity index (χ3v) is 2.28. The largest absolute Gasteiger partial charge is 0.329 e. The molecule has 11 heavy (non-hydrogen) atoms. The maximum atomic E-state index is 11.1. The topological polar surface area (TPSA) is 49.4 Å². The number of imide groups is 1. The summed E-state index contributed by atoms with van der Waals surface area (Å²) in [6.45, 7) is 2.23. The summed E-state index contributed by atoms with van der Waals surface area (Å²) in [7, 11) is 0. The molecule has 2 fully saturated rings. The number of hydrogen-bond acceptors (Lipinski definition) is 2. The van der Waals surface area contributed by atoms with Crippen molar-refractivity contribution in [2.75, 3.05) is 6.54 Å². The zero-order valence-electron chi connectivity index (χ0n) is 6.33. The predicted octanol–water partition coefficient (Wildman–Crippen LogP) is -0.0534. The molecule has 60 valence electrons. The van der Waals surface area contributed by atoms with E-state index in [9.17, 15) is 9.59 Å². The number of urea groups is 1. The Morgan fingerprint density at radius 2 is 2.18 bits per heavy atom. The van der Waals surface area contributed by atoms with Crippen LogP contribution in [0.4, 0.5) is 4.79 Å². The molecular weight excluding hydrogens is 144 g/mol. The van der Waals surface area contributed by atoms with E-state index in [1.165, 1.54) is 4.90 Å². The van der Waals surface area contributed by atoms with Gasteiger partial charge in [0.15, 0.2) is 0 Å². The van der Waals surface area contributed by atoms with Crippen LogP contribution in [0.3, 0.4) is 0 Å². The quantitative estimate of drug-likeness (QED) is 0.538. The van der Waals surface area contributed by atoms with Crippen LogP contribution in [0, 0.1) is 5.92 Å². The van der Waals surface area contributed by atoms with Gasteiger partial charge in [0.05, 0.1) is 6.54 Å². The smallest absolute Gasteiger partial charge is 0.324 e. The molecule has 1 aliphatic carbocycles. The van der Waals surface area contributed by atoms with Crippen LogP contribution in [-0.2, 0) is 4.79 Å². The van der Waals surface area contributed by atoms with Gasteiger partial charge in [-0.2, -0.15) is 0 Å². The molecule has 0 spiro atoms. The predicted molar refractivity (Wildman–Crippen MR) is 37.8 cm³/mol.